The van der Waals surface area contributed by atoms with Crippen molar-refractivity contribution in [2.24, 2.45) is 10.7 Å². The van der Waals surface area contributed by atoms with Crippen molar-refractivity contribution in [2.45, 2.75) is 0 Å². The summed E-state index contributed by atoms with van der Waals surface area (Å²) >= 11 is 9.46. The summed E-state index contributed by atoms with van der Waals surface area (Å²) in [6.45, 7) is 0. The van der Waals surface area contributed by atoms with Crippen LogP contribution in [0.25, 0.3) is 0 Å². The lowest BCUT2D eigenvalue weighted by molar-refractivity contribution is 1.36. The Morgan fingerprint density at radius 3 is 2.50 bits per heavy atom. The smallest absolute Gasteiger partial charge is 0.198 e. The molecule has 0 bridgehead atoms. The molecule has 0 unspecified atom stereocenters. The summed E-state index contributed by atoms with van der Waals surface area (Å²) in [4.78, 5) is 3.96. The number of aliphatic imine (C=N–C) groups is 1. The maximum atomic E-state index is 5.22. The van der Waals surface area contributed by atoms with Crippen LogP contribution in [-0.4, -0.2) is 16.4 Å². The number of hydrogen-bond donors (Lipinski definition) is 2. The van der Waals surface area contributed by atoms with Gasteiger partial charge in [-0.05, 0) is 30.0 Å². The van der Waals surface area contributed by atoms with E-state index >= 15 is 0 Å². The average Bonchev–Trinajstić information content (AvgIpc) is 2.15. The zero-order valence-corrected chi connectivity index (χ0v) is 8.94. The summed E-state index contributed by atoms with van der Waals surface area (Å²) in [6, 6.07) is 9.62. The largest absolute Gasteiger partial charge is 0.376 e. The van der Waals surface area contributed by atoms with Crippen molar-refractivity contribution in [3.63, 3.8) is 0 Å². The lowest BCUT2D eigenvalue weighted by atomic mass is 10.2. The fourth-order valence-corrected chi connectivity index (χ4v) is 1.13. The molecule has 0 amide bonds. The van der Waals surface area contributed by atoms with Crippen LogP contribution in [0, 0.1) is 0 Å². The number of benzene rings is 1. The Kier molecular flexibility index (Phi) is 4.15. The summed E-state index contributed by atoms with van der Waals surface area (Å²) in [6.07, 6.45) is 1.65. The molecule has 5 heteroatoms. The molecule has 0 spiro atoms. The Morgan fingerprint density at radius 1 is 1.29 bits per heavy atom. The second kappa shape index (κ2) is 5.41. The quantitative estimate of drug-likeness (QED) is 0.555. The van der Waals surface area contributed by atoms with Crippen molar-refractivity contribution in [2.75, 3.05) is 0 Å². The van der Waals surface area contributed by atoms with Gasteiger partial charge in [-0.1, -0.05) is 30.3 Å². The molecule has 72 valence electrons. The first-order chi connectivity index (χ1) is 6.68. The number of rotatable bonds is 1. The molecule has 0 saturated carbocycles. The third kappa shape index (κ3) is 4.06. The predicted octanol–water partition coefficient (Wildman–Crippen LogP) is 1.22. The van der Waals surface area contributed by atoms with Gasteiger partial charge in [0, 0.05) is 6.21 Å². The van der Waals surface area contributed by atoms with E-state index < -0.39 is 0 Å². The van der Waals surface area contributed by atoms with Gasteiger partial charge in [0.1, 0.15) is 0 Å². The van der Waals surface area contributed by atoms with E-state index in [0.717, 1.165) is 5.56 Å². The zero-order valence-electron chi connectivity index (χ0n) is 7.31. The van der Waals surface area contributed by atoms with Gasteiger partial charge < -0.3 is 11.1 Å². The van der Waals surface area contributed by atoms with Crippen LogP contribution in [0.1, 0.15) is 5.56 Å². The highest BCUT2D eigenvalue weighted by Crippen LogP contribution is 1.93. The van der Waals surface area contributed by atoms with Crippen molar-refractivity contribution in [1.82, 2.24) is 5.32 Å². The Labute approximate surface area is 93.0 Å². The highest BCUT2D eigenvalue weighted by Gasteiger charge is 1.91. The van der Waals surface area contributed by atoms with Crippen molar-refractivity contribution >= 4 is 40.9 Å². The first-order valence-electron chi connectivity index (χ1n) is 3.88. The molecule has 0 heterocycles. The van der Waals surface area contributed by atoms with Gasteiger partial charge >= 0.3 is 0 Å². The minimum absolute atomic E-state index is 0.125. The Morgan fingerprint density at radius 2 is 1.93 bits per heavy atom. The molecule has 1 rings (SSSR count). The lowest BCUT2D eigenvalue weighted by Gasteiger charge is -1.98. The van der Waals surface area contributed by atoms with Crippen molar-refractivity contribution in [3.05, 3.63) is 35.9 Å². The third-order valence-corrected chi connectivity index (χ3v) is 1.67. The number of nitrogens with zero attached hydrogens (tertiary/aromatic N) is 1. The van der Waals surface area contributed by atoms with Crippen molar-refractivity contribution in [3.8, 4) is 0 Å². The van der Waals surface area contributed by atoms with Crippen LogP contribution in [-0.2, 0) is 0 Å². The number of nitrogens with one attached hydrogen (secondary N) is 1. The van der Waals surface area contributed by atoms with Crippen molar-refractivity contribution < 1.29 is 0 Å². The molecule has 0 fully saturated rings. The lowest BCUT2D eigenvalue weighted by Crippen LogP contribution is -2.32. The predicted molar refractivity (Wildman–Crippen MR) is 66.6 cm³/mol. The molecule has 14 heavy (non-hydrogen) atoms. The maximum absolute atomic E-state index is 5.22. The van der Waals surface area contributed by atoms with Gasteiger partial charge in [-0.3, -0.25) is 0 Å². The van der Waals surface area contributed by atoms with E-state index in [-0.39, 0.29) is 10.2 Å². The fraction of sp³-hybridized carbons (Fsp3) is 0. The molecule has 0 aromatic heterocycles. The molecule has 0 radical (unpaired) electrons. The van der Waals surface area contributed by atoms with Gasteiger partial charge in [-0.15, -0.1) is 0 Å². The standard InChI is InChI=1S/C9H9N3S2/c10-8(13)12-9(14)11-6-7-4-2-1-3-5-7/h1-6H,(H3,10,12,13,14). The van der Waals surface area contributed by atoms with Crippen LogP contribution in [0.15, 0.2) is 35.3 Å². The van der Waals surface area contributed by atoms with Crippen LogP contribution < -0.4 is 11.1 Å². The molecule has 0 saturated heterocycles. The maximum Gasteiger partial charge on any atom is 0.198 e. The second-order valence-corrected chi connectivity index (χ2v) is 3.29. The third-order valence-electron chi connectivity index (χ3n) is 1.36. The van der Waals surface area contributed by atoms with Crippen LogP contribution in [0.3, 0.4) is 0 Å². The van der Waals surface area contributed by atoms with Gasteiger partial charge in [0.15, 0.2) is 10.2 Å². The molecule has 3 N–H and O–H groups in total. The Balaban J connectivity index is 2.56. The van der Waals surface area contributed by atoms with E-state index in [1.165, 1.54) is 0 Å². The molecular formula is C9H9N3S2. The van der Waals surface area contributed by atoms with E-state index in [1.807, 2.05) is 30.3 Å². The Bertz CT molecular complexity index is 360. The summed E-state index contributed by atoms with van der Waals surface area (Å²) < 4.78 is 0. The van der Waals surface area contributed by atoms with Crippen LogP contribution in [0.2, 0.25) is 0 Å². The molecular weight excluding hydrogens is 214 g/mol. The summed E-state index contributed by atoms with van der Waals surface area (Å²) in [7, 11) is 0. The number of hydrogen-bond acceptors (Lipinski definition) is 2. The number of thiocarbonyl (C=S) groups is 2. The molecule has 1 aromatic rings. The van der Waals surface area contributed by atoms with Crippen LogP contribution in [0.5, 0.6) is 0 Å². The molecule has 0 aliphatic carbocycles. The normalized spacial score (nSPS) is 10.0. The molecule has 3 nitrogen and oxygen atoms in total. The summed E-state index contributed by atoms with van der Waals surface area (Å²) in [5, 5.41) is 2.95. The summed E-state index contributed by atoms with van der Waals surface area (Å²) in [5.74, 6) is 0. The molecule has 0 atom stereocenters. The van der Waals surface area contributed by atoms with E-state index in [4.69, 9.17) is 18.0 Å². The molecule has 1 aromatic carbocycles. The topological polar surface area (TPSA) is 50.4 Å². The minimum Gasteiger partial charge on any atom is -0.376 e. The monoisotopic (exact) mass is 223 g/mol. The van der Waals surface area contributed by atoms with E-state index in [1.54, 1.807) is 6.21 Å². The van der Waals surface area contributed by atoms with Gasteiger partial charge in [0.25, 0.3) is 0 Å². The van der Waals surface area contributed by atoms with Gasteiger partial charge in [-0.2, -0.15) is 0 Å². The van der Waals surface area contributed by atoms with Crippen LogP contribution >= 0.6 is 24.4 Å². The minimum atomic E-state index is 0.125. The van der Waals surface area contributed by atoms with E-state index in [0.29, 0.717) is 0 Å². The molecule has 0 aliphatic heterocycles. The fourth-order valence-electron chi connectivity index (χ4n) is 0.810. The highest BCUT2D eigenvalue weighted by atomic mass is 32.1. The number of nitrogens with two attached hydrogens (primary N) is 1. The molecule has 0 aliphatic rings. The highest BCUT2D eigenvalue weighted by molar-refractivity contribution is 7.81. The average molecular weight is 223 g/mol. The Hall–Kier alpha value is -1.33. The first-order valence-corrected chi connectivity index (χ1v) is 4.69. The van der Waals surface area contributed by atoms with Crippen LogP contribution in [0.4, 0.5) is 0 Å². The van der Waals surface area contributed by atoms with E-state index in [2.05, 4.69) is 22.5 Å². The van der Waals surface area contributed by atoms with Gasteiger partial charge in [0.05, 0.1) is 0 Å². The van der Waals surface area contributed by atoms with Gasteiger partial charge in [-0.25, -0.2) is 4.99 Å². The SMILES string of the molecule is NC(=S)NC(=S)N=Cc1ccccc1. The van der Waals surface area contributed by atoms with Gasteiger partial charge in [0.2, 0.25) is 0 Å². The zero-order chi connectivity index (χ0) is 10.4. The first kappa shape index (κ1) is 10.7. The van der Waals surface area contributed by atoms with E-state index in [9.17, 15) is 0 Å². The summed E-state index contributed by atoms with van der Waals surface area (Å²) in [5.41, 5.74) is 6.19. The van der Waals surface area contributed by atoms with Crippen molar-refractivity contribution in [1.29, 1.82) is 0 Å². The second-order valence-electron chi connectivity index (χ2n) is 2.46.